The molecule has 0 aliphatic carbocycles. The summed E-state index contributed by atoms with van der Waals surface area (Å²) in [4.78, 5) is 21.9. The van der Waals surface area contributed by atoms with Crippen molar-refractivity contribution < 1.29 is 19.4 Å². The van der Waals surface area contributed by atoms with Crippen molar-refractivity contribution in [1.29, 1.82) is 0 Å². The number of hydrogen-bond donors (Lipinski definition) is 1. The van der Waals surface area contributed by atoms with Crippen molar-refractivity contribution in [2.45, 2.75) is 19.3 Å². The van der Waals surface area contributed by atoms with Crippen molar-refractivity contribution in [1.82, 2.24) is 0 Å². The Labute approximate surface area is 110 Å². The summed E-state index contributed by atoms with van der Waals surface area (Å²) >= 11 is 0. The largest absolute Gasteiger partial charge is 0.508 e. The van der Waals surface area contributed by atoms with E-state index in [1.807, 2.05) is 25.1 Å². The van der Waals surface area contributed by atoms with Crippen LogP contribution in [0.15, 0.2) is 36.4 Å². The second kappa shape index (κ2) is 5.52. The molecular formula is C15H14O4. The Balaban J connectivity index is 2.41. The van der Waals surface area contributed by atoms with Gasteiger partial charge in [-0.1, -0.05) is 31.2 Å². The molecule has 1 N–H and O–H groups in total. The molecule has 0 aliphatic rings. The van der Waals surface area contributed by atoms with Gasteiger partial charge < -0.3 is 9.84 Å². The van der Waals surface area contributed by atoms with Gasteiger partial charge in [0, 0.05) is 0 Å². The summed E-state index contributed by atoms with van der Waals surface area (Å²) in [6, 6.07) is 10.5. The Bertz CT molecular complexity index is 619. The van der Waals surface area contributed by atoms with E-state index in [1.165, 1.54) is 0 Å². The number of ether oxygens (including phenoxy) is 1. The second-order valence-electron chi connectivity index (χ2n) is 4.28. The van der Waals surface area contributed by atoms with E-state index in [0.29, 0.717) is 6.42 Å². The average Bonchev–Trinajstić information content (AvgIpc) is 2.40. The van der Waals surface area contributed by atoms with Gasteiger partial charge in [0.1, 0.15) is 5.75 Å². The standard InChI is InChI=1S/C15H14O4/c1-2-14(15(18)19-9-16)12-4-3-11-8-13(17)6-5-10(11)7-12/h3-9,14,17H,2H2,1H3. The smallest absolute Gasteiger partial charge is 0.320 e. The first kappa shape index (κ1) is 13.1. The highest BCUT2D eigenvalue weighted by atomic mass is 16.6. The maximum Gasteiger partial charge on any atom is 0.320 e. The van der Waals surface area contributed by atoms with Gasteiger partial charge in [-0.05, 0) is 34.9 Å². The van der Waals surface area contributed by atoms with E-state index in [4.69, 9.17) is 0 Å². The maximum absolute atomic E-state index is 11.7. The van der Waals surface area contributed by atoms with Crippen LogP contribution in [0.5, 0.6) is 5.75 Å². The van der Waals surface area contributed by atoms with Gasteiger partial charge in [0.15, 0.2) is 0 Å². The summed E-state index contributed by atoms with van der Waals surface area (Å²) in [6.45, 7) is 2.02. The summed E-state index contributed by atoms with van der Waals surface area (Å²) < 4.78 is 4.42. The molecule has 1 unspecified atom stereocenters. The Morgan fingerprint density at radius 3 is 2.63 bits per heavy atom. The molecule has 0 saturated carbocycles. The van der Waals surface area contributed by atoms with Crippen molar-refractivity contribution in [2.24, 2.45) is 0 Å². The number of carbonyl (C=O) groups is 2. The highest BCUT2D eigenvalue weighted by Crippen LogP contribution is 2.27. The van der Waals surface area contributed by atoms with Crippen molar-refractivity contribution in [2.75, 3.05) is 0 Å². The minimum Gasteiger partial charge on any atom is -0.508 e. The molecule has 4 heteroatoms. The quantitative estimate of drug-likeness (QED) is 0.520. The Hall–Kier alpha value is -2.36. The molecule has 0 radical (unpaired) electrons. The van der Waals surface area contributed by atoms with Crippen LogP contribution >= 0.6 is 0 Å². The third kappa shape index (κ3) is 2.73. The highest BCUT2D eigenvalue weighted by Gasteiger charge is 2.20. The van der Waals surface area contributed by atoms with Gasteiger partial charge in [0.25, 0.3) is 0 Å². The molecule has 0 bridgehead atoms. The first-order chi connectivity index (χ1) is 9.15. The van der Waals surface area contributed by atoms with Crippen molar-refractivity contribution >= 4 is 23.2 Å². The Kier molecular flexibility index (Phi) is 3.80. The Morgan fingerprint density at radius 2 is 1.95 bits per heavy atom. The van der Waals surface area contributed by atoms with Crippen LogP contribution in [0, 0.1) is 0 Å². The van der Waals surface area contributed by atoms with Crippen LogP contribution in [0.25, 0.3) is 10.8 Å². The van der Waals surface area contributed by atoms with Gasteiger partial charge in [-0.2, -0.15) is 0 Å². The average molecular weight is 258 g/mol. The van der Waals surface area contributed by atoms with Crippen LogP contribution in [0.4, 0.5) is 0 Å². The molecule has 1 atom stereocenters. The first-order valence-electron chi connectivity index (χ1n) is 6.02. The van der Waals surface area contributed by atoms with Gasteiger partial charge in [-0.3, -0.25) is 9.59 Å². The van der Waals surface area contributed by atoms with Gasteiger partial charge >= 0.3 is 12.4 Å². The van der Waals surface area contributed by atoms with E-state index >= 15 is 0 Å². The normalized spacial score (nSPS) is 12.1. The molecule has 0 amide bonds. The lowest BCUT2D eigenvalue weighted by molar-refractivity contribution is -0.152. The number of benzene rings is 2. The molecule has 2 aromatic rings. The zero-order chi connectivity index (χ0) is 13.8. The van der Waals surface area contributed by atoms with Gasteiger partial charge in [-0.25, -0.2) is 0 Å². The zero-order valence-electron chi connectivity index (χ0n) is 10.5. The lowest BCUT2D eigenvalue weighted by Crippen LogP contribution is -2.14. The topological polar surface area (TPSA) is 63.6 Å². The van der Waals surface area contributed by atoms with Crippen molar-refractivity contribution in [3.63, 3.8) is 0 Å². The number of fused-ring (bicyclic) bond motifs is 1. The number of aromatic hydroxyl groups is 1. The summed E-state index contributed by atoms with van der Waals surface area (Å²) in [5.41, 5.74) is 0.799. The SMILES string of the molecule is CCC(C(=O)OC=O)c1ccc2cc(O)ccc2c1. The molecule has 2 aromatic carbocycles. The molecule has 19 heavy (non-hydrogen) atoms. The van der Waals surface area contributed by atoms with Gasteiger partial charge in [0.2, 0.25) is 0 Å². The monoisotopic (exact) mass is 258 g/mol. The molecule has 98 valence electrons. The van der Waals surface area contributed by atoms with E-state index in [2.05, 4.69) is 4.74 Å². The fourth-order valence-electron chi connectivity index (χ4n) is 2.14. The highest BCUT2D eigenvalue weighted by molar-refractivity contribution is 5.88. The van der Waals surface area contributed by atoms with Crippen LogP contribution < -0.4 is 0 Å². The number of hydrogen-bond acceptors (Lipinski definition) is 4. The number of rotatable bonds is 4. The predicted octanol–water partition coefficient (Wildman–Crippen LogP) is 2.74. The number of phenolic OH excluding ortho intramolecular Hbond substituents is 1. The predicted molar refractivity (Wildman–Crippen MR) is 70.8 cm³/mol. The van der Waals surface area contributed by atoms with Crippen molar-refractivity contribution in [3.8, 4) is 5.75 Å². The fraction of sp³-hybridized carbons (Fsp3) is 0.200. The fourth-order valence-corrected chi connectivity index (χ4v) is 2.14. The van der Waals surface area contributed by atoms with E-state index in [9.17, 15) is 14.7 Å². The molecular weight excluding hydrogens is 244 g/mol. The number of esters is 1. The van der Waals surface area contributed by atoms with Gasteiger partial charge in [0.05, 0.1) is 5.92 Å². The zero-order valence-corrected chi connectivity index (χ0v) is 10.5. The maximum atomic E-state index is 11.7. The van der Waals surface area contributed by atoms with Crippen LogP contribution in [0.2, 0.25) is 0 Å². The minimum absolute atomic E-state index is 0.157. The van der Waals surface area contributed by atoms with Gasteiger partial charge in [-0.15, -0.1) is 0 Å². The third-order valence-electron chi connectivity index (χ3n) is 3.11. The van der Waals surface area contributed by atoms with Crippen LogP contribution in [0.3, 0.4) is 0 Å². The van der Waals surface area contributed by atoms with E-state index in [1.54, 1.807) is 18.2 Å². The van der Waals surface area contributed by atoms with Crippen LogP contribution in [-0.4, -0.2) is 17.5 Å². The summed E-state index contributed by atoms with van der Waals surface area (Å²) in [6.07, 6.45) is 0.552. The van der Waals surface area contributed by atoms with Crippen molar-refractivity contribution in [3.05, 3.63) is 42.0 Å². The van der Waals surface area contributed by atoms with Crippen LogP contribution in [-0.2, 0) is 14.3 Å². The molecule has 2 rings (SSSR count). The molecule has 0 aliphatic heterocycles. The summed E-state index contributed by atoms with van der Waals surface area (Å²) in [5, 5.41) is 11.2. The second-order valence-corrected chi connectivity index (χ2v) is 4.28. The summed E-state index contributed by atoms with van der Waals surface area (Å²) in [7, 11) is 0. The third-order valence-corrected chi connectivity index (χ3v) is 3.11. The molecule has 0 aromatic heterocycles. The van der Waals surface area contributed by atoms with E-state index in [0.717, 1.165) is 16.3 Å². The molecule has 0 fully saturated rings. The number of phenols is 1. The lowest BCUT2D eigenvalue weighted by Gasteiger charge is -2.12. The van der Waals surface area contributed by atoms with Crippen LogP contribution in [0.1, 0.15) is 24.8 Å². The van der Waals surface area contributed by atoms with E-state index in [-0.39, 0.29) is 12.2 Å². The molecule has 0 heterocycles. The first-order valence-corrected chi connectivity index (χ1v) is 6.02. The molecule has 0 saturated heterocycles. The number of carbonyl (C=O) groups excluding carboxylic acids is 2. The molecule has 0 spiro atoms. The Morgan fingerprint density at radius 1 is 1.26 bits per heavy atom. The van der Waals surface area contributed by atoms with E-state index < -0.39 is 11.9 Å². The summed E-state index contributed by atoms with van der Waals surface area (Å²) in [5.74, 6) is -0.799. The molecule has 4 nitrogen and oxygen atoms in total. The lowest BCUT2D eigenvalue weighted by atomic mass is 9.94. The minimum atomic E-state index is -0.546.